The number of rotatable bonds is 7. The highest BCUT2D eigenvalue weighted by atomic mass is 32.2. The molecule has 0 spiro atoms. The molecule has 1 aliphatic rings. The molecule has 0 atom stereocenters. The van der Waals surface area contributed by atoms with Crippen LogP contribution in [-0.2, 0) is 10.0 Å². The maximum atomic E-state index is 12.4. The molecule has 10 heteroatoms. The van der Waals surface area contributed by atoms with Crippen LogP contribution in [0.25, 0.3) is 0 Å². The molecule has 0 unspecified atom stereocenters. The largest absolute Gasteiger partial charge is 0.360 e. The van der Waals surface area contributed by atoms with E-state index in [4.69, 9.17) is 4.52 Å². The first-order valence-corrected chi connectivity index (χ1v) is 10.6. The van der Waals surface area contributed by atoms with Crippen molar-refractivity contribution in [3.63, 3.8) is 0 Å². The fourth-order valence-corrected chi connectivity index (χ4v) is 4.56. The highest BCUT2D eigenvalue weighted by Gasteiger charge is 2.23. The average molecular weight is 395 g/mol. The number of hydrogen-bond donors (Lipinski definition) is 2. The standard InChI is InChI=1S/C17H26N6O3S/c1-12-11-15(23-9-5-4-6-10-23)21-17(20-12)18-7-8-19-27(24,25)16-13(2)22-26-14(16)3/h11,19H,4-10H2,1-3H3,(H,18,20,21). The minimum atomic E-state index is -3.66. The smallest absolute Gasteiger partial charge is 0.246 e. The quantitative estimate of drug-likeness (QED) is 0.683. The Morgan fingerprint density at radius 3 is 2.52 bits per heavy atom. The molecule has 9 nitrogen and oxygen atoms in total. The van der Waals surface area contributed by atoms with Gasteiger partial charge in [0.1, 0.15) is 16.4 Å². The van der Waals surface area contributed by atoms with Crippen LogP contribution in [0.5, 0.6) is 0 Å². The summed E-state index contributed by atoms with van der Waals surface area (Å²) in [4.78, 5) is 11.3. The van der Waals surface area contributed by atoms with Crippen LogP contribution in [0.15, 0.2) is 15.5 Å². The Morgan fingerprint density at radius 2 is 1.85 bits per heavy atom. The molecule has 27 heavy (non-hydrogen) atoms. The van der Waals surface area contributed by atoms with Crippen molar-refractivity contribution in [2.75, 3.05) is 36.4 Å². The van der Waals surface area contributed by atoms with Gasteiger partial charge in [-0.1, -0.05) is 5.16 Å². The molecule has 3 rings (SSSR count). The third-order valence-electron chi connectivity index (χ3n) is 4.46. The molecule has 1 aliphatic heterocycles. The van der Waals surface area contributed by atoms with Gasteiger partial charge in [-0.25, -0.2) is 18.1 Å². The van der Waals surface area contributed by atoms with Gasteiger partial charge in [0, 0.05) is 37.9 Å². The number of anilines is 2. The third kappa shape index (κ3) is 4.75. The molecule has 1 saturated heterocycles. The van der Waals surface area contributed by atoms with E-state index in [1.54, 1.807) is 13.8 Å². The van der Waals surface area contributed by atoms with Gasteiger partial charge in [0.15, 0.2) is 5.76 Å². The number of hydrogen-bond acceptors (Lipinski definition) is 8. The zero-order valence-corrected chi connectivity index (χ0v) is 16.8. The Morgan fingerprint density at radius 1 is 1.11 bits per heavy atom. The number of nitrogens with one attached hydrogen (secondary N) is 2. The van der Waals surface area contributed by atoms with Crippen molar-refractivity contribution in [3.05, 3.63) is 23.2 Å². The van der Waals surface area contributed by atoms with Gasteiger partial charge < -0.3 is 14.7 Å². The van der Waals surface area contributed by atoms with Crippen LogP contribution in [0.2, 0.25) is 0 Å². The third-order valence-corrected chi connectivity index (χ3v) is 6.16. The van der Waals surface area contributed by atoms with Crippen molar-refractivity contribution in [1.82, 2.24) is 19.8 Å². The molecule has 0 aliphatic carbocycles. The molecule has 148 valence electrons. The second-order valence-electron chi connectivity index (χ2n) is 6.72. The predicted molar refractivity (Wildman–Crippen MR) is 102 cm³/mol. The predicted octanol–water partition coefficient (Wildman–Crippen LogP) is 1.77. The molecule has 2 aromatic rings. The second kappa shape index (κ2) is 8.22. The van der Waals surface area contributed by atoms with Gasteiger partial charge in [-0.3, -0.25) is 0 Å². The van der Waals surface area contributed by atoms with Crippen LogP contribution in [0, 0.1) is 20.8 Å². The van der Waals surface area contributed by atoms with E-state index in [0.29, 0.717) is 18.2 Å². The Labute approximate surface area is 159 Å². The number of aryl methyl sites for hydroxylation is 3. The van der Waals surface area contributed by atoms with E-state index >= 15 is 0 Å². The van der Waals surface area contributed by atoms with Gasteiger partial charge in [0.25, 0.3) is 0 Å². The number of aromatic nitrogens is 3. The lowest BCUT2D eigenvalue weighted by atomic mass is 10.1. The maximum absolute atomic E-state index is 12.4. The molecule has 0 aromatic carbocycles. The van der Waals surface area contributed by atoms with Gasteiger partial charge in [-0.2, -0.15) is 4.98 Å². The first-order chi connectivity index (χ1) is 12.9. The average Bonchev–Trinajstić information content (AvgIpc) is 2.98. The molecule has 2 aromatic heterocycles. The summed E-state index contributed by atoms with van der Waals surface area (Å²) >= 11 is 0. The lowest BCUT2D eigenvalue weighted by Gasteiger charge is -2.28. The summed E-state index contributed by atoms with van der Waals surface area (Å²) in [6, 6.07) is 1.98. The van der Waals surface area contributed by atoms with E-state index in [1.807, 2.05) is 13.0 Å². The molecule has 2 N–H and O–H groups in total. The van der Waals surface area contributed by atoms with Crippen LogP contribution < -0.4 is 14.9 Å². The molecular formula is C17H26N6O3S. The van der Waals surface area contributed by atoms with E-state index < -0.39 is 10.0 Å². The molecule has 3 heterocycles. The summed E-state index contributed by atoms with van der Waals surface area (Å²) in [7, 11) is -3.66. The van der Waals surface area contributed by atoms with Gasteiger partial charge in [0.05, 0.1) is 0 Å². The highest BCUT2D eigenvalue weighted by molar-refractivity contribution is 7.89. The van der Waals surface area contributed by atoms with Gasteiger partial charge in [-0.05, 0) is 40.0 Å². The van der Waals surface area contributed by atoms with Gasteiger partial charge in [-0.15, -0.1) is 0 Å². The molecule has 0 saturated carbocycles. The minimum absolute atomic E-state index is 0.0988. The number of sulfonamides is 1. The SMILES string of the molecule is Cc1cc(N2CCCCC2)nc(NCCNS(=O)(=O)c2c(C)noc2C)n1. The van der Waals surface area contributed by atoms with Crippen molar-refractivity contribution >= 4 is 21.8 Å². The Bertz CT molecular complexity index is 871. The van der Waals surface area contributed by atoms with Crippen LogP contribution in [-0.4, -0.2) is 49.7 Å². The van der Waals surface area contributed by atoms with Crippen LogP contribution in [0.4, 0.5) is 11.8 Å². The highest BCUT2D eigenvalue weighted by Crippen LogP contribution is 2.20. The van der Waals surface area contributed by atoms with E-state index in [2.05, 4.69) is 30.1 Å². The van der Waals surface area contributed by atoms with E-state index in [1.165, 1.54) is 19.3 Å². The van der Waals surface area contributed by atoms with Crippen molar-refractivity contribution in [3.8, 4) is 0 Å². The van der Waals surface area contributed by atoms with Crippen LogP contribution in [0.3, 0.4) is 0 Å². The zero-order chi connectivity index (χ0) is 19.4. The van der Waals surface area contributed by atoms with Gasteiger partial charge >= 0.3 is 0 Å². The summed E-state index contributed by atoms with van der Waals surface area (Å²) in [5.74, 6) is 1.70. The van der Waals surface area contributed by atoms with Crippen molar-refractivity contribution in [2.45, 2.75) is 44.9 Å². The summed E-state index contributed by atoms with van der Waals surface area (Å²) in [6.45, 7) is 7.69. The van der Waals surface area contributed by atoms with Crippen LogP contribution >= 0.6 is 0 Å². The maximum Gasteiger partial charge on any atom is 0.246 e. The number of nitrogens with zero attached hydrogens (tertiary/aromatic N) is 4. The number of piperidine rings is 1. The van der Waals surface area contributed by atoms with E-state index in [9.17, 15) is 8.42 Å². The van der Waals surface area contributed by atoms with Crippen molar-refractivity contribution < 1.29 is 12.9 Å². The first kappa shape index (κ1) is 19.6. The first-order valence-electron chi connectivity index (χ1n) is 9.14. The minimum Gasteiger partial charge on any atom is -0.360 e. The molecule has 1 fully saturated rings. The molecular weight excluding hydrogens is 368 g/mol. The van der Waals surface area contributed by atoms with Crippen molar-refractivity contribution in [2.24, 2.45) is 0 Å². The summed E-state index contributed by atoms with van der Waals surface area (Å²) < 4.78 is 32.2. The lowest BCUT2D eigenvalue weighted by Crippen LogP contribution is -2.31. The van der Waals surface area contributed by atoms with Gasteiger partial charge in [0.2, 0.25) is 16.0 Å². The molecule has 0 radical (unpaired) electrons. The Kier molecular flexibility index (Phi) is 5.95. The second-order valence-corrected chi connectivity index (χ2v) is 8.42. The normalized spacial score (nSPS) is 15.1. The Hall–Kier alpha value is -2.20. The topological polar surface area (TPSA) is 113 Å². The molecule has 0 amide bonds. The molecule has 0 bridgehead atoms. The monoisotopic (exact) mass is 394 g/mol. The lowest BCUT2D eigenvalue weighted by molar-refractivity contribution is 0.390. The fraction of sp³-hybridized carbons (Fsp3) is 0.588. The van der Waals surface area contributed by atoms with Crippen LogP contribution in [0.1, 0.15) is 36.4 Å². The van der Waals surface area contributed by atoms with Crippen molar-refractivity contribution in [1.29, 1.82) is 0 Å². The fourth-order valence-electron chi connectivity index (χ4n) is 3.21. The zero-order valence-electron chi connectivity index (χ0n) is 15.9. The summed E-state index contributed by atoms with van der Waals surface area (Å²) in [5, 5.41) is 6.78. The summed E-state index contributed by atoms with van der Waals surface area (Å²) in [5.41, 5.74) is 1.23. The van der Waals surface area contributed by atoms with E-state index in [-0.39, 0.29) is 17.2 Å². The summed E-state index contributed by atoms with van der Waals surface area (Å²) in [6.07, 6.45) is 3.61. The Balaban J connectivity index is 1.58. The van der Waals surface area contributed by atoms with E-state index in [0.717, 1.165) is 24.6 Å².